The van der Waals surface area contributed by atoms with E-state index >= 15 is 0 Å². The predicted molar refractivity (Wildman–Crippen MR) is 160 cm³/mol. The van der Waals surface area contributed by atoms with E-state index in [-0.39, 0.29) is 11.2 Å². The Labute approximate surface area is 233 Å². The fraction of sp³-hybridized carbons (Fsp3) is 0.152. The van der Waals surface area contributed by atoms with Crippen LogP contribution in [0, 0.1) is 13.8 Å². The number of anilines is 1. The van der Waals surface area contributed by atoms with Crippen LogP contribution in [0.2, 0.25) is 0 Å². The second kappa shape index (κ2) is 12.0. The third-order valence-corrected chi connectivity index (χ3v) is 7.61. The van der Waals surface area contributed by atoms with Crippen molar-refractivity contribution in [2.45, 2.75) is 37.6 Å². The van der Waals surface area contributed by atoms with Gasteiger partial charge in [-0.3, -0.25) is 4.79 Å². The molecular weight excluding hydrogens is 502 g/mol. The Bertz CT molecular complexity index is 1460. The molecule has 0 bridgehead atoms. The standard InChI is InChI=1S/C33H31N3O2S/c1-4-29(32(37)34-26-18-20-28(21-19-26)38-27-8-6-5-7-9-27)39-33-35-30(24-14-10-22(2)11-15-24)31(36-33)25-16-12-23(3)13-17-25/h5-21,29H,4H2,1-3H3,(H,34,37)(H,35,36). The Morgan fingerprint density at radius 1 is 0.821 bits per heavy atom. The fourth-order valence-corrected chi connectivity index (χ4v) is 5.07. The molecule has 1 aromatic heterocycles. The summed E-state index contributed by atoms with van der Waals surface area (Å²) in [6.45, 7) is 6.16. The third-order valence-electron chi connectivity index (χ3n) is 6.37. The second-order valence-corrected chi connectivity index (χ2v) is 10.6. The highest BCUT2D eigenvalue weighted by Gasteiger charge is 2.22. The molecule has 0 saturated heterocycles. The van der Waals surface area contributed by atoms with E-state index in [0.29, 0.717) is 12.2 Å². The number of aryl methyl sites for hydroxylation is 2. The second-order valence-electron chi connectivity index (χ2n) is 9.44. The van der Waals surface area contributed by atoms with Crippen LogP contribution in [0.15, 0.2) is 108 Å². The van der Waals surface area contributed by atoms with Crippen LogP contribution in [0.5, 0.6) is 11.5 Å². The number of ether oxygens (including phenoxy) is 1. The summed E-state index contributed by atoms with van der Waals surface area (Å²) in [5.74, 6) is 1.41. The number of imidazole rings is 1. The van der Waals surface area contributed by atoms with E-state index in [1.54, 1.807) is 0 Å². The molecule has 196 valence electrons. The van der Waals surface area contributed by atoms with Gasteiger partial charge in [0, 0.05) is 16.8 Å². The molecule has 2 N–H and O–H groups in total. The SMILES string of the molecule is CCC(Sc1nc(-c2ccc(C)cc2)c(-c2ccc(C)cc2)[nH]1)C(=O)Nc1ccc(Oc2ccccc2)cc1. The minimum Gasteiger partial charge on any atom is -0.457 e. The number of nitrogens with one attached hydrogen (secondary N) is 2. The Morgan fingerprint density at radius 3 is 2.03 bits per heavy atom. The molecule has 4 aromatic carbocycles. The van der Waals surface area contributed by atoms with Gasteiger partial charge in [-0.2, -0.15) is 0 Å². The topological polar surface area (TPSA) is 67.0 Å². The van der Waals surface area contributed by atoms with Crippen LogP contribution >= 0.6 is 11.8 Å². The molecule has 0 aliphatic carbocycles. The van der Waals surface area contributed by atoms with Crippen LogP contribution in [0.1, 0.15) is 24.5 Å². The Morgan fingerprint density at radius 2 is 1.41 bits per heavy atom. The smallest absolute Gasteiger partial charge is 0.237 e. The Kier molecular flexibility index (Phi) is 8.13. The number of amides is 1. The number of para-hydroxylation sites is 1. The summed E-state index contributed by atoms with van der Waals surface area (Å²) < 4.78 is 5.86. The normalized spacial score (nSPS) is 11.7. The summed E-state index contributed by atoms with van der Waals surface area (Å²) in [6.07, 6.45) is 0.659. The minimum absolute atomic E-state index is 0.0654. The molecule has 0 saturated carbocycles. The highest BCUT2D eigenvalue weighted by atomic mass is 32.2. The zero-order valence-electron chi connectivity index (χ0n) is 22.3. The summed E-state index contributed by atoms with van der Waals surface area (Å²) >= 11 is 1.45. The molecule has 5 rings (SSSR count). The lowest BCUT2D eigenvalue weighted by molar-refractivity contribution is -0.115. The number of thioether (sulfide) groups is 1. The highest BCUT2D eigenvalue weighted by molar-refractivity contribution is 8.00. The summed E-state index contributed by atoms with van der Waals surface area (Å²) in [5, 5.41) is 3.45. The first-order valence-electron chi connectivity index (χ1n) is 13.0. The van der Waals surface area contributed by atoms with Gasteiger partial charge in [0.05, 0.1) is 16.6 Å². The first-order valence-corrected chi connectivity index (χ1v) is 13.9. The average Bonchev–Trinajstić information content (AvgIpc) is 3.38. The number of benzene rings is 4. The zero-order chi connectivity index (χ0) is 27.2. The van der Waals surface area contributed by atoms with Gasteiger partial charge in [0.25, 0.3) is 0 Å². The van der Waals surface area contributed by atoms with Gasteiger partial charge >= 0.3 is 0 Å². The van der Waals surface area contributed by atoms with Crippen molar-refractivity contribution < 1.29 is 9.53 Å². The third kappa shape index (κ3) is 6.59. The number of aromatic nitrogens is 2. The fourth-order valence-electron chi connectivity index (χ4n) is 4.17. The van der Waals surface area contributed by atoms with E-state index in [1.165, 1.54) is 22.9 Å². The maximum absolute atomic E-state index is 13.2. The summed E-state index contributed by atoms with van der Waals surface area (Å²) in [6, 6.07) is 33.8. The summed E-state index contributed by atoms with van der Waals surface area (Å²) in [5.41, 5.74) is 7.05. The molecule has 1 amide bonds. The van der Waals surface area contributed by atoms with E-state index < -0.39 is 0 Å². The summed E-state index contributed by atoms with van der Waals surface area (Å²) in [4.78, 5) is 21.7. The lowest BCUT2D eigenvalue weighted by Gasteiger charge is -2.14. The van der Waals surface area contributed by atoms with Crippen molar-refractivity contribution in [3.05, 3.63) is 114 Å². The molecule has 0 aliphatic rings. The van der Waals surface area contributed by atoms with Crippen LogP contribution in [0.25, 0.3) is 22.5 Å². The summed E-state index contributed by atoms with van der Waals surface area (Å²) in [7, 11) is 0. The van der Waals surface area contributed by atoms with Gasteiger partial charge < -0.3 is 15.0 Å². The Hall–Kier alpha value is -4.29. The predicted octanol–water partition coefficient (Wildman–Crippen LogP) is 8.66. The number of hydrogen-bond donors (Lipinski definition) is 2. The molecule has 1 atom stereocenters. The molecule has 0 fully saturated rings. The van der Waals surface area contributed by atoms with Crippen molar-refractivity contribution in [3.63, 3.8) is 0 Å². The largest absolute Gasteiger partial charge is 0.457 e. The number of carbonyl (C=O) groups is 1. The zero-order valence-corrected chi connectivity index (χ0v) is 23.1. The van der Waals surface area contributed by atoms with E-state index in [0.717, 1.165) is 39.1 Å². The number of nitrogens with zero attached hydrogens (tertiary/aromatic N) is 1. The molecule has 6 heteroatoms. The molecule has 0 radical (unpaired) electrons. The van der Waals surface area contributed by atoms with Crippen molar-refractivity contribution in [3.8, 4) is 34.0 Å². The van der Waals surface area contributed by atoms with Gasteiger partial charge in [-0.1, -0.05) is 96.5 Å². The lowest BCUT2D eigenvalue weighted by atomic mass is 10.0. The van der Waals surface area contributed by atoms with Crippen molar-refractivity contribution in [2.75, 3.05) is 5.32 Å². The monoisotopic (exact) mass is 533 g/mol. The van der Waals surface area contributed by atoms with Crippen LogP contribution in [0.4, 0.5) is 5.69 Å². The maximum Gasteiger partial charge on any atom is 0.237 e. The molecule has 0 spiro atoms. The molecule has 5 nitrogen and oxygen atoms in total. The van der Waals surface area contributed by atoms with Gasteiger partial charge in [-0.15, -0.1) is 0 Å². The van der Waals surface area contributed by atoms with Gasteiger partial charge in [0.15, 0.2) is 5.16 Å². The van der Waals surface area contributed by atoms with Gasteiger partial charge in [-0.05, 0) is 56.7 Å². The number of rotatable bonds is 9. The van der Waals surface area contributed by atoms with Crippen LogP contribution in [-0.2, 0) is 4.79 Å². The van der Waals surface area contributed by atoms with E-state index in [2.05, 4.69) is 72.7 Å². The highest BCUT2D eigenvalue weighted by Crippen LogP contribution is 2.35. The molecule has 39 heavy (non-hydrogen) atoms. The number of H-pyrrole nitrogens is 1. The molecule has 1 heterocycles. The first kappa shape index (κ1) is 26.3. The van der Waals surface area contributed by atoms with Gasteiger partial charge in [0.1, 0.15) is 11.5 Å². The Balaban J connectivity index is 1.32. The molecule has 1 unspecified atom stereocenters. The first-order chi connectivity index (χ1) is 19.0. The van der Waals surface area contributed by atoms with Crippen LogP contribution in [-0.4, -0.2) is 21.1 Å². The number of aromatic amines is 1. The van der Waals surface area contributed by atoms with Crippen molar-refractivity contribution in [1.82, 2.24) is 9.97 Å². The molecule has 5 aromatic rings. The van der Waals surface area contributed by atoms with E-state index in [4.69, 9.17) is 9.72 Å². The van der Waals surface area contributed by atoms with Gasteiger partial charge in [0.2, 0.25) is 5.91 Å². The maximum atomic E-state index is 13.2. The van der Waals surface area contributed by atoms with Crippen LogP contribution < -0.4 is 10.1 Å². The minimum atomic E-state index is -0.312. The number of carbonyl (C=O) groups excluding carboxylic acids is 1. The molecular formula is C33H31N3O2S. The average molecular weight is 534 g/mol. The van der Waals surface area contributed by atoms with Crippen molar-refractivity contribution in [1.29, 1.82) is 0 Å². The van der Waals surface area contributed by atoms with Crippen molar-refractivity contribution >= 4 is 23.4 Å². The van der Waals surface area contributed by atoms with Crippen molar-refractivity contribution in [2.24, 2.45) is 0 Å². The quantitative estimate of drug-likeness (QED) is 0.186. The molecule has 0 aliphatic heterocycles. The van der Waals surface area contributed by atoms with Gasteiger partial charge in [-0.25, -0.2) is 4.98 Å². The van der Waals surface area contributed by atoms with Crippen LogP contribution in [0.3, 0.4) is 0 Å². The van der Waals surface area contributed by atoms with E-state index in [9.17, 15) is 4.79 Å². The number of hydrogen-bond acceptors (Lipinski definition) is 4. The van der Waals surface area contributed by atoms with E-state index in [1.807, 2.05) is 61.5 Å². The lowest BCUT2D eigenvalue weighted by Crippen LogP contribution is -2.24.